The lowest BCUT2D eigenvalue weighted by Gasteiger charge is -2.27. The number of esters is 1. The van der Waals surface area contributed by atoms with Crippen molar-refractivity contribution in [2.75, 3.05) is 13.2 Å². The van der Waals surface area contributed by atoms with Crippen LogP contribution in [0.5, 0.6) is 5.75 Å². The van der Waals surface area contributed by atoms with Crippen molar-refractivity contribution in [3.05, 3.63) is 28.2 Å². The molecule has 0 saturated heterocycles. The molecule has 2 rings (SSSR count). The monoisotopic (exact) mass is 469 g/mol. The van der Waals surface area contributed by atoms with Crippen LogP contribution in [-0.4, -0.2) is 42.7 Å². The minimum Gasteiger partial charge on any atom is -0.478 e. The van der Waals surface area contributed by atoms with Crippen molar-refractivity contribution >= 4 is 27.6 Å². The molecule has 7 heteroatoms. The van der Waals surface area contributed by atoms with Crippen molar-refractivity contribution in [3.63, 3.8) is 0 Å². The lowest BCUT2D eigenvalue weighted by molar-refractivity contribution is -0.165. The Labute approximate surface area is 182 Å². The maximum Gasteiger partial charge on any atom is 0.348 e. The number of halogens is 1. The summed E-state index contributed by atoms with van der Waals surface area (Å²) in [5.41, 5.74) is 0.828. The number of hydrogen-bond acceptors (Lipinski definition) is 6. The van der Waals surface area contributed by atoms with E-state index in [-0.39, 0.29) is 18.0 Å². The molecular weight excluding hydrogens is 438 g/mol. The molecule has 1 unspecified atom stereocenters. The van der Waals surface area contributed by atoms with Gasteiger partial charge in [-0.05, 0) is 45.4 Å². The highest BCUT2D eigenvalue weighted by Crippen LogP contribution is 2.30. The molecule has 2 atom stereocenters. The molecule has 29 heavy (non-hydrogen) atoms. The van der Waals surface area contributed by atoms with Crippen LogP contribution in [0.3, 0.4) is 0 Å². The molecule has 0 radical (unpaired) electrons. The van der Waals surface area contributed by atoms with Crippen molar-refractivity contribution in [1.82, 2.24) is 0 Å². The summed E-state index contributed by atoms with van der Waals surface area (Å²) >= 11 is 3.51. The number of carbonyl (C=O) groups is 1. The van der Waals surface area contributed by atoms with Crippen LogP contribution >= 0.6 is 15.9 Å². The average Bonchev–Trinajstić information content (AvgIpc) is 3.07. The fraction of sp³-hybridized carbons (Fsp3) is 0.636. The number of nitrogens with zero attached hydrogens (tertiary/aromatic N) is 1. The molecule has 1 aliphatic heterocycles. The quantitative estimate of drug-likeness (QED) is 0.371. The standard InChI is InChI=1S/C22H32BrNO5/c1-7-8-11-26-18-13-27-24-19(18)16-12-15(23)9-10-17(16)28-20(14(2)3)21(25)29-22(4,5)6/h9-10,12,14,18,20H,7-8,11,13H2,1-6H3/t18?,20-/m0/s1. The van der Waals surface area contributed by atoms with E-state index in [0.29, 0.717) is 24.7 Å². The second-order valence-corrected chi connectivity index (χ2v) is 9.36. The molecule has 0 bridgehead atoms. The zero-order valence-electron chi connectivity index (χ0n) is 18.2. The van der Waals surface area contributed by atoms with Gasteiger partial charge in [-0.1, -0.05) is 48.3 Å². The van der Waals surface area contributed by atoms with E-state index < -0.39 is 11.7 Å². The molecule has 0 amide bonds. The molecule has 0 saturated carbocycles. The van der Waals surface area contributed by atoms with E-state index in [9.17, 15) is 4.79 Å². The molecule has 1 aromatic rings. The van der Waals surface area contributed by atoms with Crippen LogP contribution in [-0.2, 0) is 19.1 Å². The molecule has 0 fully saturated rings. The Morgan fingerprint density at radius 2 is 2.07 bits per heavy atom. The molecular formula is C22H32BrNO5. The summed E-state index contributed by atoms with van der Waals surface area (Å²) in [4.78, 5) is 18.0. The van der Waals surface area contributed by atoms with E-state index in [1.54, 1.807) is 0 Å². The third kappa shape index (κ3) is 7.00. The molecule has 1 aromatic carbocycles. The largest absolute Gasteiger partial charge is 0.478 e. The van der Waals surface area contributed by atoms with Gasteiger partial charge in [0.15, 0.2) is 6.10 Å². The van der Waals surface area contributed by atoms with E-state index in [4.69, 9.17) is 19.0 Å². The van der Waals surface area contributed by atoms with E-state index in [0.717, 1.165) is 22.9 Å². The Kier molecular flexibility index (Phi) is 8.52. The first-order valence-corrected chi connectivity index (χ1v) is 10.9. The Morgan fingerprint density at radius 3 is 2.69 bits per heavy atom. The second-order valence-electron chi connectivity index (χ2n) is 8.44. The van der Waals surface area contributed by atoms with Gasteiger partial charge in [0.2, 0.25) is 0 Å². The van der Waals surface area contributed by atoms with Gasteiger partial charge in [-0.25, -0.2) is 4.79 Å². The Bertz CT molecular complexity index is 726. The van der Waals surface area contributed by atoms with Crippen LogP contribution in [0.1, 0.15) is 59.9 Å². The van der Waals surface area contributed by atoms with Crippen LogP contribution in [0.25, 0.3) is 0 Å². The predicted molar refractivity (Wildman–Crippen MR) is 116 cm³/mol. The average molecular weight is 470 g/mol. The maximum atomic E-state index is 12.7. The van der Waals surface area contributed by atoms with Gasteiger partial charge in [-0.2, -0.15) is 0 Å². The molecule has 0 aromatic heterocycles. The van der Waals surface area contributed by atoms with Crippen molar-refractivity contribution in [1.29, 1.82) is 0 Å². The van der Waals surface area contributed by atoms with Crippen LogP contribution in [0.2, 0.25) is 0 Å². The first-order valence-electron chi connectivity index (χ1n) is 10.1. The summed E-state index contributed by atoms with van der Waals surface area (Å²) in [6.45, 7) is 12.5. The molecule has 6 nitrogen and oxygen atoms in total. The molecule has 162 valence electrons. The molecule has 0 spiro atoms. The SMILES string of the molecule is CCCCOC1CON=C1c1cc(Br)ccc1O[C@H](C(=O)OC(C)(C)C)C(C)C. The van der Waals surface area contributed by atoms with Gasteiger partial charge in [0.05, 0.1) is 0 Å². The number of unbranched alkanes of at least 4 members (excludes halogenated alkanes) is 1. The van der Waals surface area contributed by atoms with Gasteiger partial charge >= 0.3 is 5.97 Å². The van der Waals surface area contributed by atoms with Crippen molar-refractivity contribution in [2.24, 2.45) is 11.1 Å². The zero-order chi connectivity index (χ0) is 21.6. The number of hydrogen-bond donors (Lipinski definition) is 0. The van der Waals surface area contributed by atoms with Gasteiger partial charge in [0.1, 0.15) is 29.8 Å². The first kappa shape index (κ1) is 23.7. The third-order valence-electron chi connectivity index (χ3n) is 4.23. The predicted octanol–water partition coefficient (Wildman–Crippen LogP) is 5.11. The molecule has 0 aliphatic carbocycles. The van der Waals surface area contributed by atoms with Crippen LogP contribution < -0.4 is 4.74 Å². The van der Waals surface area contributed by atoms with Gasteiger partial charge in [-0.15, -0.1) is 0 Å². The summed E-state index contributed by atoms with van der Waals surface area (Å²) in [7, 11) is 0. The van der Waals surface area contributed by atoms with Gasteiger partial charge < -0.3 is 19.0 Å². The molecule has 1 heterocycles. The lowest BCUT2D eigenvalue weighted by Crippen LogP contribution is -2.39. The minimum absolute atomic E-state index is 0.0697. The fourth-order valence-electron chi connectivity index (χ4n) is 2.79. The van der Waals surface area contributed by atoms with Crippen molar-refractivity contribution < 1.29 is 23.8 Å². The first-order chi connectivity index (χ1) is 13.6. The third-order valence-corrected chi connectivity index (χ3v) is 4.72. The van der Waals surface area contributed by atoms with Crippen molar-refractivity contribution in [3.8, 4) is 5.75 Å². The topological polar surface area (TPSA) is 66.3 Å². The minimum atomic E-state index is -0.739. The lowest BCUT2D eigenvalue weighted by atomic mass is 10.0. The second kappa shape index (κ2) is 10.4. The molecule has 0 N–H and O–H groups in total. The van der Waals surface area contributed by atoms with Crippen LogP contribution in [0.15, 0.2) is 27.8 Å². The van der Waals surface area contributed by atoms with E-state index in [2.05, 4.69) is 28.0 Å². The Balaban J connectivity index is 2.28. The summed E-state index contributed by atoms with van der Waals surface area (Å²) in [5, 5.41) is 4.20. The normalized spacial score (nSPS) is 17.7. The van der Waals surface area contributed by atoms with E-state index >= 15 is 0 Å². The Morgan fingerprint density at radius 1 is 1.34 bits per heavy atom. The van der Waals surface area contributed by atoms with Crippen LogP contribution in [0, 0.1) is 5.92 Å². The summed E-state index contributed by atoms with van der Waals surface area (Å²) in [6.07, 6.45) is 1.02. The van der Waals surface area contributed by atoms with E-state index in [1.165, 1.54) is 0 Å². The zero-order valence-corrected chi connectivity index (χ0v) is 19.7. The van der Waals surface area contributed by atoms with Crippen LogP contribution in [0.4, 0.5) is 0 Å². The fourth-order valence-corrected chi connectivity index (χ4v) is 3.15. The highest BCUT2D eigenvalue weighted by molar-refractivity contribution is 9.10. The maximum absolute atomic E-state index is 12.7. The van der Waals surface area contributed by atoms with Crippen molar-refractivity contribution in [2.45, 2.75) is 72.2 Å². The number of rotatable bonds is 9. The number of ether oxygens (including phenoxy) is 3. The highest BCUT2D eigenvalue weighted by Gasteiger charge is 2.33. The summed E-state index contributed by atoms with van der Waals surface area (Å²) < 4.78 is 18.6. The number of carbonyl (C=O) groups excluding carboxylic acids is 1. The number of oxime groups is 1. The highest BCUT2D eigenvalue weighted by atomic mass is 79.9. The summed E-state index contributed by atoms with van der Waals surface area (Å²) in [6, 6.07) is 5.60. The van der Waals surface area contributed by atoms with Gasteiger partial charge in [0, 0.05) is 22.6 Å². The summed E-state index contributed by atoms with van der Waals surface area (Å²) in [5.74, 6) is 0.0903. The molecule has 1 aliphatic rings. The van der Waals surface area contributed by atoms with E-state index in [1.807, 2.05) is 52.8 Å². The van der Waals surface area contributed by atoms with Gasteiger partial charge in [0.25, 0.3) is 0 Å². The smallest absolute Gasteiger partial charge is 0.348 e. The Hall–Kier alpha value is -1.60. The van der Waals surface area contributed by atoms with Gasteiger partial charge in [-0.3, -0.25) is 0 Å². The number of benzene rings is 1.